The molecule has 0 rings (SSSR count). The lowest BCUT2D eigenvalue weighted by Crippen LogP contribution is -2.05. The molecule has 0 aliphatic rings. The Labute approximate surface area is 228 Å². The molecule has 38 heavy (non-hydrogen) atoms. The van der Waals surface area contributed by atoms with Crippen LogP contribution in [0.4, 0.5) is 0 Å². The Morgan fingerprint density at radius 1 is 0.474 bits per heavy atom. The van der Waals surface area contributed by atoms with Gasteiger partial charge < -0.3 is 59.5 Å². The summed E-state index contributed by atoms with van der Waals surface area (Å²) in [6.07, 6.45) is 10.4. The molecule has 0 bridgehead atoms. The second-order valence-electron chi connectivity index (χ2n) is 5.33. The highest BCUT2D eigenvalue weighted by atomic mass is 31.2. The van der Waals surface area contributed by atoms with E-state index in [-0.39, 0.29) is 0 Å². The highest BCUT2D eigenvalue weighted by Gasteiger charge is 2.16. The van der Waals surface area contributed by atoms with Gasteiger partial charge in [0.2, 0.25) is 22.7 Å². The van der Waals surface area contributed by atoms with Crippen LogP contribution in [0.2, 0.25) is 0 Å². The molecule has 4 N–H and O–H groups in total. The molecule has 0 saturated heterocycles. The molecule has 17 nitrogen and oxygen atoms in total. The summed E-state index contributed by atoms with van der Waals surface area (Å²) in [6.45, 7) is 0. The summed E-state index contributed by atoms with van der Waals surface area (Å²) in [4.78, 5) is 17.0. The molecule has 238 valence electrons. The van der Waals surface area contributed by atoms with E-state index in [1.54, 1.807) is 0 Å². The van der Waals surface area contributed by atoms with Crippen molar-refractivity contribution in [1.82, 2.24) is 10.2 Å². The fourth-order valence-electron chi connectivity index (χ4n) is 0.870. The van der Waals surface area contributed by atoms with Crippen LogP contribution in [0.5, 0.6) is 0 Å². The maximum Gasteiger partial charge on any atom is 0.404 e. The van der Waals surface area contributed by atoms with Gasteiger partial charge in [-0.25, -0.2) is 19.3 Å². The first-order chi connectivity index (χ1) is 17.3. The fraction of sp³-hybridized carbons (Fsp3) is 0.812. The average Bonchev–Trinajstić information content (AvgIpc) is 2.97. The van der Waals surface area contributed by atoms with E-state index < -0.39 is 38.2 Å². The summed E-state index contributed by atoms with van der Waals surface area (Å²) in [5.74, 6) is 0. The molecule has 22 heteroatoms. The minimum absolute atomic E-state index is 1.16. The van der Waals surface area contributed by atoms with Crippen LogP contribution < -0.4 is 10.2 Å². The summed E-state index contributed by atoms with van der Waals surface area (Å²) in [5.41, 5.74) is 0. The van der Waals surface area contributed by atoms with E-state index in [9.17, 15) is 9.13 Å². The lowest BCUT2D eigenvalue weighted by atomic mass is 11.6. The first kappa shape index (κ1) is 48.5. The van der Waals surface area contributed by atoms with Gasteiger partial charge in [-0.15, -0.1) is 0 Å². The molecule has 0 saturated carbocycles. The molecule has 0 amide bonds. The summed E-state index contributed by atoms with van der Waals surface area (Å²) in [5, 5.41) is 4.47. The molecule has 0 fully saturated rings. The third kappa shape index (κ3) is 29.7. The van der Waals surface area contributed by atoms with Crippen LogP contribution in [-0.4, -0.2) is 121 Å². The van der Waals surface area contributed by atoms with E-state index in [4.69, 9.17) is 36.9 Å². The molecule has 1 atom stereocenters. The Hall–Kier alpha value is 0.760. The molecular formula is C16H49N2O15P5. The number of rotatable bonds is 13. The first-order valence-corrected chi connectivity index (χ1v) is 18.0. The van der Waals surface area contributed by atoms with Crippen LogP contribution in [0, 0.1) is 0 Å². The summed E-state index contributed by atoms with van der Waals surface area (Å²) < 4.78 is 71.5. The highest BCUT2D eigenvalue weighted by molar-refractivity contribution is 7.60. The van der Waals surface area contributed by atoms with Gasteiger partial charge in [-0.05, 0) is 33.0 Å². The third-order valence-electron chi connectivity index (χ3n) is 3.52. The normalized spacial score (nSPS) is 13.1. The zero-order valence-corrected chi connectivity index (χ0v) is 29.0. The minimum atomic E-state index is -3.40. The van der Waals surface area contributed by atoms with Crippen molar-refractivity contribution >= 4 is 57.1 Å². The summed E-state index contributed by atoms with van der Waals surface area (Å²) in [6, 6.07) is 0. The van der Waals surface area contributed by atoms with E-state index in [1.807, 2.05) is 0 Å². The van der Waals surface area contributed by atoms with Gasteiger partial charge in [0.05, 0.1) is 0 Å². The van der Waals surface area contributed by atoms with Gasteiger partial charge in [0, 0.05) is 78.2 Å². The average molecular weight is 664 g/mol. The molecule has 0 aliphatic carbocycles. The molecule has 1 unspecified atom stereocenters. The van der Waals surface area contributed by atoms with Crippen LogP contribution in [-0.2, 0) is 58.9 Å². The predicted octanol–water partition coefficient (Wildman–Crippen LogP) is 3.27. The van der Waals surface area contributed by atoms with Crippen LogP contribution in [0.25, 0.3) is 0 Å². The van der Waals surface area contributed by atoms with E-state index in [0.29, 0.717) is 0 Å². The number of hydrogen-bond acceptors (Lipinski definition) is 14. The SMILES string of the molecule is C=P(O)(OC)OC.C=P(OC)(OC)OC.C=P(OC)(OC)OC.CNP(=O)(O)OC.CNP(=O)(OC)OC. The predicted molar refractivity (Wildman–Crippen MR) is 157 cm³/mol. The van der Waals surface area contributed by atoms with Crippen molar-refractivity contribution in [3.63, 3.8) is 0 Å². The smallest absolute Gasteiger partial charge is 0.333 e. The second kappa shape index (κ2) is 26.6. The van der Waals surface area contributed by atoms with Crippen molar-refractivity contribution in [2.24, 2.45) is 0 Å². The van der Waals surface area contributed by atoms with Crippen molar-refractivity contribution in [2.75, 3.05) is 92.3 Å². The lowest BCUT2D eigenvalue weighted by Gasteiger charge is -2.16. The molecule has 0 radical (unpaired) electrons. The van der Waals surface area contributed by atoms with E-state index in [2.05, 4.69) is 51.7 Å². The quantitative estimate of drug-likeness (QED) is 0.209. The van der Waals surface area contributed by atoms with Gasteiger partial charge in [-0.1, -0.05) is 0 Å². The summed E-state index contributed by atoms with van der Waals surface area (Å²) in [7, 11) is 5.12. The van der Waals surface area contributed by atoms with Crippen LogP contribution in [0.3, 0.4) is 0 Å². The monoisotopic (exact) mass is 664 g/mol. The maximum atomic E-state index is 10.8. The van der Waals surface area contributed by atoms with Gasteiger partial charge in [0.1, 0.15) is 0 Å². The van der Waals surface area contributed by atoms with Crippen molar-refractivity contribution in [3.05, 3.63) is 0 Å². The zero-order chi connectivity index (χ0) is 31.7. The molecule has 0 spiro atoms. The Bertz CT molecular complexity index is 627. The standard InChI is InChI=1S/2C4H11O3P.C3H10NO3P.C3H9O3P.C2H8NO3P/c2*1-5-8(4,6-2)7-3;1-4-8(5,6-2)7-3;1-5-7(3,4)6-2;1-3-7(4,5)6-2/h2*4H2,1-3H3;1-3H3,(H,4,5);4H,3H2,1-2H3;1-2H3,(H2,3,4,5). The van der Waals surface area contributed by atoms with E-state index in [1.165, 1.54) is 85.2 Å². The van der Waals surface area contributed by atoms with E-state index >= 15 is 0 Å². The maximum absolute atomic E-state index is 10.8. The van der Waals surface area contributed by atoms with Gasteiger partial charge in [-0.2, -0.15) is 0 Å². The first-order valence-electron chi connectivity index (χ1n) is 9.66. The second-order valence-corrected chi connectivity index (χ2v) is 16.0. The van der Waals surface area contributed by atoms with Crippen LogP contribution in [0.1, 0.15) is 0 Å². The van der Waals surface area contributed by atoms with Crippen LogP contribution >= 0.6 is 38.2 Å². The molecule has 0 aliphatic heterocycles. The Kier molecular flexibility index (Phi) is 34.0. The van der Waals surface area contributed by atoms with Gasteiger partial charge >= 0.3 is 15.5 Å². The number of hydrogen-bond donors (Lipinski definition) is 4. The van der Waals surface area contributed by atoms with Gasteiger partial charge in [0.25, 0.3) is 0 Å². The summed E-state index contributed by atoms with van der Waals surface area (Å²) >= 11 is 0. The largest absolute Gasteiger partial charge is 0.404 e. The van der Waals surface area contributed by atoms with Crippen molar-refractivity contribution in [2.45, 2.75) is 0 Å². The van der Waals surface area contributed by atoms with Crippen LogP contribution in [0.15, 0.2) is 0 Å². The Balaban J connectivity index is -0.000000120. The molecular weight excluding hydrogens is 615 g/mol. The topological polar surface area (TPSA) is 200 Å². The van der Waals surface area contributed by atoms with Gasteiger partial charge in [-0.3, -0.25) is 0 Å². The van der Waals surface area contributed by atoms with Crippen molar-refractivity contribution in [3.8, 4) is 0 Å². The minimum Gasteiger partial charge on any atom is -0.333 e. The lowest BCUT2D eigenvalue weighted by molar-refractivity contribution is 0.233. The molecule has 0 aromatic carbocycles. The molecule has 0 aromatic heterocycles. The molecule has 0 heterocycles. The fourth-order valence-corrected chi connectivity index (χ4v) is 2.61. The molecule has 0 aromatic rings. The zero-order valence-electron chi connectivity index (χ0n) is 24.6. The Morgan fingerprint density at radius 3 is 0.737 bits per heavy atom. The number of nitrogens with one attached hydrogen (secondary N) is 2. The third-order valence-corrected chi connectivity index (χ3v) is 10.6. The van der Waals surface area contributed by atoms with Crippen molar-refractivity contribution in [1.29, 1.82) is 0 Å². The van der Waals surface area contributed by atoms with Gasteiger partial charge in [0.15, 0.2) is 0 Å². The Morgan fingerprint density at radius 2 is 0.737 bits per heavy atom. The van der Waals surface area contributed by atoms with E-state index in [0.717, 1.165) is 7.11 Å². The highest BCUT2D eigenvalue weighted by Crippen LogP contribution is 2.46. The van der Waals surface area contributed by atoms with Crippen molar-refractivity contribution < 1.29 is 68.7 Å².